The summed E-state index contributed by atoms with van der Waals surface area (Å²) in [6.45, 7) is 1.70. The zero-order valence-electron chi connectivity index (χ0n) is 7.16. The lowest BCUT2D eigenvalue weighted by Gasteiger charge is -2.11. The number of rotatable bonds is 2. The van der Waals surface area contributed by atoms with Gasteiger partial charge in [0, 0.05) is 12.7 Å². The molecular formula is C9H11FN2O. The van der Waals surface area contributed by atoms with E-state index in [0.29, 0.717) is 0 Å². The standard InChI is InChI=1S/C9H11FN2O/c10-8-2-1-4-12-9(8)13-7-3-5-11-6-7/h1-2,4,7,11H,3,5-6H2. The Kier molecular flexibility index (Phi) is 2.40. The third-order valence-electron chi connectivity index (χ3n) is 2.02. The van der Waals surface area contributed by atoms with E-state index >= 15 is 0 Å². The summed E-state index contributed by atoms with van der Waals surface area (Å²) in [7, 11) is 0. The van der Waals surface area contributed by atoms with E-state index in [-0.39, 0.29) is 12.0 Å². The molecule has 1 aliphatic rings. The van der Waals surface area contributed by atoms with Crippen molar-refractivity contribution in [3.63, 3.8) is 0 Å². The Hall–Kier alpha value is -1.16. The molecule has 0 bridgehead atoms. The van der Waals surface area contributed by atoms with Crippen LogP contribution >= 0.6 is 0 Å². The summed E-state index contributed by atoms with van der Waals surface area (Å²) in [5, 5.41) is 3.14. The van der Waals surface area contributed by atoms with Crippen LogP contribution in [0.4, 0.5) is 4.39 Å². The molecule has 1 unspecified atom stereocenters. The molecule has 0 aliphatic carbocycles. The van der Waals surface area contributed by atoms with Gasteiger partial charge < -0.3 is 10.1 Å². The predicted molar refractivity (Wildman–Crippen MR) is 46.1 cm³/mol. The van der Waals surface area contributed by atoms with Crippen molar-refractivity contribution >= 4 is 0 Å². The van der Waals surface area contributed by atoms with Crippen molar-refractivity contribution in [2.75, 3.05) is 13.1 Å². The summed E-state index contributed by atoms with van der Waals surface area (Å²) in [6, 6.07) is 2.90. The zero-order valence-corrected chi connectivity index (χ0v) is 7.16. The highest BCUT2D eigenvalue weighted by Gasteiger charge is 2.17. The minimum Gasteiger partial charge on any atom is -0.471 e. The molecule has 1 aromatic heterocycles. The largest absolute Gasteiger partial charge is 0.471 e. The van der Waals surface area contributed by atoms with Crippen LogP contribution in [0.3, 0.4) is 0 Å². The average Bonchev–Trinajstić information content (AvgIpc) is 2.61. The first-order valence-corrected chi connectivity index (χ1v) is 4.34. The van der Waals surface area contributed by atoms with Crippen LogP contribution in [0.5, 0.6) is 5.88 Å². The van der Waals surface area contributed by atoms with Gasteiger partial charge in [-0.3, -0.25) is 0 Å². The first-order chi connectivity index (χ1) is 6.36. The number of aromatic nitrogens is 1. The van der Waals surface area contributed by atoms with Crippen molar-refractivity contribution in [1.29, 1.82) is 0 Å². The Labute approximate surface area is 75.9 Å². The fourth-order valence-corrected chi connectivity index (χ4v) is 1.34. The second-order valence-corrected chi connectivity index (χ2v) is 3.02. The predicted octanol–water partition coefficient (Wildman–Crippen LogP) is 0.961. The summed E-state index contributed by atoms with van der Waals surface area (Å²) < 4.78 is 18.4. The van der Waals surface area contributed by atoms with Crippen molar-refractivity contribution < 1.29 is 9.13 Å². The maximum Gasteiger partial charge on any atom is 0.250 e. The Bertz CT molecular complexity index is 287. The fraction of sp³-hybridized carbons (Fsp3) is 0.444. The van der Waals surface area contributed by atoms with E-state index in [0.717, 1.165) is 19.5 Å². The molecule has 1 fully saturated rings. The van der Waals surface area contributed by atoms with Gasteiger partial charge in [-0.05, 0) is 25.1 Å². The van der Waals surface area contributed by atoms with E-state index in [1.165, 1.54) is 12.3 Å². The number of halogens is 1. The van der Waals surface area contributed by atoms with Crippen LogP contribution in [0, 0.1) is 5.82 Å². The maximum atomic E-state index is 13.0. The van der Waals surface area contributed by atoms with Crippen LogP contribution in [-0.4, -0.2) is 24.2 Å². The minimum absolute atomic E-state index is 0.0596. The lowest BCUT2D eigenvalue weighted by Crippen LogP contribution is -2.20. The highest BCUT2D eigenvalue weighted by atomic mass is 19.1. The van der Waals surface area contributed by atoms with Crippen LogP contribution in [0.15, 0.2) is 18.3 Å². The lowest BCUT2D eigenvalue weighted by atomic mass is 10.3. The molecular weight excluding hydrogens is 171 g/mol. The van der Waals surface area contributed by atoms with Gasteiger partial charge in [-0.2, -0.15) is 0 Å². The maximum absolute atomic E-state index is 13.0. The number of pyridine rings is 1. The van der Waals surface area contributed by atoms with E-state index in [2.05, 4.69) is 10.3 Å². The molecule has 2 heterocycles. The van der Waals surface area contributed by atoms with Gasteiger partial charge >= 0.3 is 0 Å². The molecule has 3 nitrogen and oxygen atoms in total. The van der Waals surface area contributed by atoms with Crippen LogP contribution < -0.4 is 10.1 Å². The lowest BCUT2D eigenvalue weighted by molar-refractivity contribution is 0.203. The Balaban J connectivity index is 2.04. The van der Waals surface area contributed by atoms with E-state index in [4.69, 9.17) is 4.74 Å². The average molecular weight is 182 g/mol. The topological polar surface area (TPSA) is 34.1 Å². The SMILES string of the molecule is Fc1cccnc1OC1CCNC1. The van der Waals surface area contributed by atoms with Crippen LogP contribution in [0.2, 0.25) is 0 Å². The van der Waals surface area contributed by atoms with Gasteiger partial charge in [0.05, 0.1) is 0 Å². The molecule has 1 aromatic rings. The third kappa shape index (κ3) is 1.95. The highest BCUT2D eigenvalue weighted by Crippen LogP contribution is 2.15. The van der Waals surface area contributed by atoms with Crippen molar-refractivity contribution in [3.05, 3.63) is 24.1 Å². The van der Waals surface area contributed by atoms with Gasteiger partial charge in [0.1, 0.15) is 6.10 Å². The van der Waals surface area contributed by atoms with Gasteiger partial charge in [-0.25, -0.2) is 9.37 Å². The Morgan fingerprint density at radius 3 is 3.23 bits per heavy atom. The molecule has 1 aliphatic heterocycles. The second-order valence-electron chi connectivity index (χ2n) is 3.02. The fourth-order valence-electron chi connectivity index (χ4n) is 1.34. The molecule has 0 radical (unpaired) electrons. The summed E-state index contributed by atoms with van der Waals surface area (Å²) in [4.78, 5) is 3.82. The van der Waals surface area contributed by atoms with Gasteiger partial charge in [0.15, 0.2) is 5.82 Å². The van der Waals surface area contributed by atoms with Crippen molar-refractivity contribution in [3.8, 4) is 5.88 Å². The number of ether oxygens (including phenoxy) is 1. The van der Waals surface area contributed by atoms with E-state index < -0.39 is 5.82 Å². The molecule has 1 atom stereocenters. The van der Waals surface area contributed by atoms with Crippen LogP contribution in [0.1, 0.15) is 6.42 Å². The third-order valence-corrected chi connectivity index (χ3v) is 2.02. The number of nitrogens with one attached hydrogen (secondary N) is 1. The van der Waals surface area contributed by atoms with E-state index in [1.54, 1.807) is 6.07 Å². The smallest absolute Gasteiger partial charge is 0.250 e. The van der Waals surface area contributed by atoms with E-state index in [9.17, 15) is 4.39 Å². The normalized spacial score (nSPS) is 21.8. The summed E-state index contributed by atoms with van der Waals surface area (Å²) >= 11 is 0. The quantitative estimate of drug-likeness (QED) is 0.739. The first kappa shape index (κ1) is 8.44. The van der Waals surface area contributed by atoms with E-state index in [1.807, 2.05) is 0 Å². The van der Waals surface area contributed by atoms with Gasteiger partial charge in [-0.15, -0.1) is 0 Å². The van der Waals surface area contributed by atoms with Gasteiger partial charge in [0.2, 0.25) is 0 Å². The summed E-state index contributed by atoms with van der Waals surface area (Å²) in [6.07, 6.45) is 2.50. The van der Waals surface area contributed by atoms with Gasteiger partial charge in [-0.1, -0.05) is 0 Å². The summed E-state index contributed by atoms with van der Waals surface area (Å²) in [5.41, 5.74) is 0. The molecule has 2 rings (SSSR count). The molecule has 0 spiro atoms. The van der Waals surface area contributed by atoms with Crippen molar-refractivity contribution in [1.82, 2.24) is 10.3 Å². The molecule has 70 valence electrons. The Morgan fingerprint density at radius 1 is 1.62 bits per heavy atom. The van der Waals surface area contributed by atoms with Crippen molar-refractivity contribution in [2.24, 2.45) is 0 Å². The minimum atomic E-state index is -0.394. The number of hydrogen-bond donors (Lipinski definition) is 1. The van der Waals surface area contributed by atoms with Crippen molar-refractivity contribution in [2.45, 2.75) is 12.5 Å². The van der Waals surface area contributed by atoms with Crippen LogP contribution in [-0.2, 0) is 0 Å². The molecule has 4 heteroatoms. The number of nitrogens with zero attached hydrogens (tertiary/aromatic N) is 1. The van der Waals surface area contributed by atoms with Crippen LogP contribution in [0.25, 0.3) is 0 Å². The summed E-state index contributed by atoms with van der Waals surface area (Å²) in [5.74, 6) is -0.286. The number of hydrogen-bond acceptors (Lipinski definition) is 3. The molecule has 0 saturated carbocycles. The molecule has 1 saturated heterocycles. The molecule has 13 heavy (non-hydrogen) atoms. The monoisotopic (exact) mass is 182 g/mol. The highest BCUT2D eigenvalue weighted by molar-refractivity contribution is 5.13. The zero-order chi connectivity index (χ0) is 9.10. The first-order valence-electron chi connectivity index (χ1n) is 4.34. The molecule has 0 amide bonds. The Morgan fingerprint density at radius 2 is 2.54 bits per heavy atom. The molecule has 1 N–H and O–H groups in total. The van der Waals surface area contributed by atoms with Gasteiger partial charge in [0.25, 0.3) is 5.88 Å². The second kappa shape index (κ2) is 3.70. The molecule has 0 aromatic carbocycles.